The molecule has 6 nitrogen and oxygen atoms in total. The van der Waals surface area contributed by atoms with Crippen LogP contribution >= 0.6 is 11.6 Å². The predicted octanol–water partition coefficient (Wildman–Crippen LogP) is 3.72. The Labute approximate surface area is 152 Å². The lowest BCUT2D eigenvalue weighted by Gasteiger charge is -2.14. The monoisotopic (exact) mass is 365 g/mol. The van der Waals surface area contributed by atoms with Crippen LogP contribution < -0.4 is 20.3 Å². The lowest BCUT2D eigenvalue weighted by atomic mass is 10.2. The van der Waals surface area contributed by atoms with Crippen LogP contribution in [0.15, 0.2) is 29.2 Å². The van der Waals surface area contributed by atoms with Crippen molar-refractivity contribution in [2.75, 3.05) is 18.5 Å². The predicted molar refractivity (Wildman–Crippen MR) is 99.9 cm³/mol. The summed E-state index contributed by atoms with van der Waals surface area (Å²) in [6, 6.07) is 5.77. The summed E-state index contributed by atoms with van der Waals surface area (Å²) in [5.74, 6) is 1.44. The highest BCUT2D eigenvalue weighted by molar-refractivity contribution is 6.32. The Morgan fingerprint density at radius 2 is 2.00 bits per heavy atom. The first kappa shape index (κ1) is 19.1. The molecule has 0 amide bonds. The zero-order valence-electron chi connectivity index (χ0n) is 14.8. The number of ether oxygens (including phenoxy) is 2. The average Bonchev–Trinajstić information content (AvgIpc) is 2.63. The van der Waals surface area contributed by atoms with E-state index in [4.69, 9.17) is 21.1 Å². The second-order valence-corrected chi connectivity index (χ2v) is 5.79. The molecule has 25 heavy (non-hydrogen) atoms. The Balaban J connectivity index is 2.15. The van der Waals surface area contributed by atoms with E-state index in [1.165, 1.54) is 4.68 Å². The van der Waals surface area contributed by atoms with Crippen molar-refractivity contribution in [3.8, 4) is 11.5 Å². The summed E-state index contributed by atoms with van der Waals surface area (Å²) in [7, 11) is 0. The number of aryl methyl sites for hydroxylation is 1. The number of nitrogens with zero attached hydrogens (tertiary/aromatic N) is 2. The van der Waals surface area contributed by atoms with E-state index in [0.29, 0.717) is 37.7 Å². The van der Waals surface area contributed by atoms with Gasteiger partial charge in [0, 0.05) is 13.1 Å². The van der Waals surface area contributed by atoms with Crippen molar-refractivity contribution in [1.82, 2.24) is 9.78 Å². The van der Waals surface area contributed by atoms with Gasteiger partial charge in [-0.05, 0) is 38.0 Å². The molecule has 0 spiro atoms. The normalized spacial score (nSPS) is 10.6. The molecule has 1 heterocycles. The largest absolute Gasteiger partial charge is 0.490 e. The fraction of sp³-hybridized carbons (Fsp3) is 0.444. The van der Waals surface area contributed by atoms with Gasteiger partial charge in [-0.15, -0.1) is 0 Å². The third kappa shape index (κ3) is 4.89. The number of halogens is 1. The van der Waals surface area contributed by atoms with Crippen LogP contribution in [0.25, 0.3) is 0 Å². The van der Waals surface area contributed by atoms with Crippen LogP contribution in [0.1, 0.15) is 32.8 Å². The molecule has 0 aliphatic heterocycles. The minimum atomic E-state index is -0.298. The average molecular weight is 366 g/mol. The molecule has 0 aliphatic carbocycles. The molecule has 7 heteroatoms. The molecule has 1 aromatic carbocycles. The Hall–Kier alpha value is -2.21. The third-order valence-electron chi connectivity index (χ3n) is 3.54. The molecule has 0 saturated heterocycles. The second-order valence-electron chi connectivity index (χ2n) is 5.41. The Bertz CT molecular complexity index is 762. The van der Waals surface area contributed by atoms with Crippen LogP contribution in [0, 0.1) is 0 Å². The van der Waals surface area contributed by atoms with E-state index in [1.54, 1.807) is 6.20 Å². The molecule has 2 aromatic rings. The number of aromatic nitrogens is 2. The highest BCUT2D eigenvalue weighted by Gasteiger charge is 2.10. The van der Waals surface area contributed by atoms with E-state index in [1.807, 2.05) is 32.0 Å². The maximum Gasteiger partial charge on any atom is 0.287 e. The van der Waals surface area contributed by atoms with Gasteiger partial charge in [-0.25, -0.2) is 4.68 Å². The van der Waals surface area contributed by atoms with Gasteiger partial charge in [0.1, 0.15) is 5.02 Å². The van der Waals surface area contributed by atoms with Crippen LogP contribution in [-0.2, 0) is 13.1 Å². The first-order chi connectivity index (χ1) is 12.1. The number of benzene rings is 1. The zero-order chi connectivity index (χ0) is 18.2. The number of rotatable bonds is 9. The Morgan fingerprint density at radius 1 is 1.20 bits per heavy atom. The fourth-order valence-electron chi connectivity index (χ4n) is 2.27. The molecular weight excluding hydrogens is 342 g/mol. The fourth-order valence-corrected chi connectivity index (χ4v) is 2.49. The molecule has 0 fully saturated rings. The summed E-state index contributed by atoms with van der Waals surface area (Å²) < 4.78 is 12.7. The van der Waals surface area contributed by atoms with Gasteiger partial charge in [0.2, 0.25) is 0 Å². The topological polar surface area (TPSA) is 65.4 Å². The summed E-state index contributed by atoms with van der Waals surface area (Å²) >= 11 is 6.13. The van der Waals surface area contributed by atoms with Crippen LogP contribution in [0.3, 0.4) is 0 Å². The summed E-state index contributed by atoms with van der Waals surface area (Å²) in [4.78, 5) is 12.0. The van der Waals surface area contributed by atoms with Crippen LogP contribution in [0.4, 0.5) is 5.69 Å². The van der Waals surface area contributed by atoms with E-state index in [0.717, 1.165) is 17.7 Å². The zero-order valence-corrected chi connectivity index (χ0v) is 15.6. The molecule has 136 valence electrons. The molecule has 1 N–H and O–H groups in total. The molecule has 0 aliphatic rings. The lowest BCUT2D eigenvalue weighted by Crippen LogP contribution is -2.23. The van der Waals surface area contributed by atoms with Crippen LogP contribution in [-0.4, -0.2) is 23.0 Å². The van der Waals surface area contributed by atoms with Gasteiger partial charge >= 0.3 is 0 Å². The van der Waals surface area contributed by atoms with Gasteiger partial charge < -0.3 is 14.8 Å². The van der Waals surface area contributed by atoms with Crippen LogP contribution in [0.2, 0.25) is 5.02 Å². The van der Waals surface area contributed by atoms with Gasteiger partial charge in [-0.2, -0.15) is 5.10 Å². The van der Waals surface area contributed by atoms with E-state index < -0.39 is 0 Å². The quantitative estimate of drug-likeness (QED) is 0.733. The first-order valence-electron chi connectivity index (χ1n) is 8.48. The van der Waals surface area contributed by atoms with Crippen molar-refractivity contribution in [2.24, 2.45) is 0 Å². The maximum atomic E-state index is 12.0. The van der Waals surface area contributed by atoms with E-state index in [2.05, 4.69) is 17.3 Å². The molecule has 0 bridgehead atoms. The van der Waals surface area contributed by atoms with Crippen molar-refractivity contribution in [1.29, 1.82) is 0 Å². The van der Waals surface area contributed by atoms with Gasteiger partial charge in [0.15, 0.2) is 11.5 Å². The molecule has 0 saturated carbocycles. The molecule has 0 radical (unpaired) electrons. The number of nitrogens with one attached hydrogen (secondary N) is 1. The van der Waals surface area contributed by atoms with Crippen molar-refractivity contribution >= 4 is 17.3 Å². The van der Waals surface area contributed by atoms with Crippen molar-refractivity contribution in [3.05, 3.63) is 45.3 Å². The SMILES string of the molecule is CCCOc1cc(CNc2cnn(CC)c(=O)c2Cl)ccc1OCC. The van der Waals surface area contributed by atoms with Crippen molar-refractivity contribution in [2.45, 2.75) is 40.3 Å². The maximum absolute atomic E-state index is 12.0. The summed E-state index contributed by atoms with van der Waals surface area (Å²) in [6.45, 7) is 8.01. The van der Waals surface area contributed by atoms with Crippen molar-refractivity contribution in [3.63, 3.8) is 0 Å². The first-order valence-corrected chi connectivity index (χ1v) is 8.86. The molecule has 1 aromatic heterocycles. The molecule has 2 rings (SSSR count). The number of anilines is 1. The minimum Gasteiger partial charge on any atom is -0.490 e. The smallest absolute Gasteiger partial charge is 0.287 e. The van der Waals surface area contributed by atoms with Gasteiger partial charge in [-0.3, -0.25) is 4.79 Å². The van der Waals surface area contributed by atoms with Crippen LogP contribution in [0.5, 0.6) is 11.5 Å². The Kier molecular flexibility index (Phi) is 7.13. The standard InChI is InChI=1S/C18H24ClN3O3/c1-4-9-25-16-10-13(7-8-15(16)24-6-3)11-20-14-12-21-22(5-2)18(23)17(14)19/h7-8,10,12,20H,4-6,9,11H2,1-3H3. The van der Waals surface area contributed by atoms with Gasteiger partial charge in [-0.1, -0.05) is 24.6 Å². The summed E-state index contributed by atoms with van der Waals surface area (Å²) in [6.07, 6.45) is 2.49. The second kappa shape index (κ2) is 9.32. The van der Waals surface area contributed by atoms with E-state index in [9.17, 15) is 4.79 Å². The van der Waals surface area contributed by atoms with E-state index >= 15 is 0 Å². The van der Waals surface area contributed by atoms with Gasteiger partial charge in [0.25, 0.3) is 5.56 Å². The third-order valence-corrected chi connectivity index (χ3v) is 3.90. The highest BCUT2D eigenvalue weighted by Crippen LogP contribution is 2.29. The molecule has 0 unspecified atom stereocenters. The van der Waals surface area contributed by atoms with Gasteiger partial charge in [0.05, 0.1) is 25.1 Å². The highest BCUT2D eigenvalue weighted by atomic mass is 35.5. The number of hydrogen-bond acceptors (Lipinski definition) is 5. The summed E-state index contributed by atoms with van der Waals surface area (Å²) in [5.41, 5.74) is 1.21. The molecule has 0 atom stereocenters. The van der Waals surface area contributed by atoms with Crippen molar-refractivity contribution < 1.29 is 9.47 Å². The minimum absolute atomic E-state index is 0.144. The lowest BCUT2D eigenvalue weighted by molar-refractivity contribution is 0.276. The van der Waals surface area contributed by atoms with E-state index in [-0.39, 0.29) is 10.6 Å². The molecular formula is C18H24ClN3O3. The number of hydrogen-bond donors (Lipinski definition) is 1. The Morgan fingerprint density at radius 3 is 2.68 bits per heavy atom. The summed E-state index contributed by atoms with van der Waals surface area (Å²) in [5, 5.41) is 7.37.